The van der Waals surface area contributed by atoms with E-state index in [0.29, 0.717) is 0 Å². The van der Waals surface area contributed by atoms with E-state index < -0.39 is 0 Å². The smallest absolute Gasteiger partial charge is 0.0538 e. The largest absolute Gasteiger partial charge is 0.314 e. The van der Waals surface area contributed by atoms with Gasteiger partial charge in [-0.05, 0) is 151 Å². The number of hydrogen-bond acceptors (Lipinski definition) is 1. The Labute approximate surface area is 307 Å². The molecular weight excluding hydrogens is 629 g/mol. The van der Waals surface area contributed by atoms with Crippen LogP contribution >= 0.6 is 0 Å². The van der Waals surface area contributed by atoms with E-state index in [1.54, 1.807) is 0 Å². The zero-order chi connectivity index (χ0) is 35.0. The van der Waals surface area contributed by atoms with Crippen molar-refractivity contribution in [2.45, 2.75) is 39.5 Å². The predicted molar refractivity (Wildman–Crippen MR) is 223 cm³/mol. The third kappa shape index (κ3) is 5.71. The van der Waals surface area contributed by atoms with E-state index in [1.807, 2.05) is 0 Å². The summed E-state index contributed by atoms with van der Waals surface area (Å²) in [6.07, 6.45) is 15.5. The first-order chi connectivity index (χ1) is 25.6. The van der Waals surface area contributed by atoms with Crippen LogP contribution < -0.4 is 4.90 Å². The summed E-state index contributed by atoms with van der Waals surface area (Å²) < 4.78 is 2.48. The van der Waals surface area contributed by atoms with Gasteiger partial charge in [-0.25, -0.2) is 0 Å². The molecule has 0 N–H and O–H groups in total. The van der Waals surface area contributed by atoms with Crippen molar-refractivity contribution >= 4 is 44.5 Å². The first kappa shape index (κ1) is 31.8. The van der Waals surface area contributed by atoms with Crippen LogP contribution in [-0.4, -0.2) is 4.57 Å². The van der Waals surface area contributed by atoms with Gasteiger partial charge in [-0.2, -0.15) is 0 Å². The normalized spacial score (nSPS) is 14.3. The standard InChI is InChI=1S/C50H42N2/c1-35-16-12-13-23-44(35)47-34-39(37-26-29-43(30-27-37)51(40-17-6-3-7-18-40)41-19-8-4-9-20-41)33-46(36(47)2)38-28-31-50-48(32-38)45-24-14-15-25-49(45)52(50)42-21-10-5-11-22-42/h3-10,12-21,23-26,28-29,31-34H,11,22,27,30H2,1-2H3. The van der Waals surface area contributed by atoms with Gasteiger partial charge in [0.25, 0.3) is 0 Å². The highest BCUT2D eigenvalue weighted by Crippen LogP contribution is 2.42. The second-order valence-corrected chi connectivity index (χ2v) is 14.1. The van der Waals surface area contributed by atoms with Gasteiger partial charge in [0.1, 0.15) is 0 Å². The molecule has 0 atom stereocenters. The number of allylic oxidation sites excluding steroid dienone is 8. The third-order valence-electron chi connectivity index (χ3n) is 10.9. The third-order valence-corrected chi connectivity index (χ3v) is 10.9. The molecular formula is C50H42N2. The topological polar surface area (TPSA) is 8.17 Å². The predicted octanol–water partition coefficient (Wildman–Crippen LogP) is 13.8. The maximum atomic E-state index is 2.48. The van der Waals surface area contributed by atoms with Crippen LogP contribution in [0.15, 0.2) is 176 Å². The van der Waals surface area contributed by atoms with Crippen molar-refractivity contribution in [3.8, 4) is 22.3 Å². The van der Waals surface area contributed by atoms with Crippen LogP contribution in [0.1, 0.15) is 42.4 Å². The van der Waals surface area contributed by atoms with Crippen LogP contribution in [0.3, 0.4) is 0 Å². The van der Waals surface area contributed by atoms with Crippen LogP contribution in [0.25, 0.3) is 55.3 Å². The lowest BCUT2D eigenvalue weighted by molar-refractivity contribution is 0.930. The lowest BCUT2D eigenvalue weighted by Gasteiger charge is -2.30. The highest BCUT2D eigenvalue weighted by molar-refractivity contribution is 6.11. The van der Waals surface area contributed by atoms with Crippen molar-refractivity contribution in [1.82, 2.24) is 4.57 Å². The molecule has 0 bridgehead atoms. The second kappa shape index (κ2) is 13.5. The minimum Gasteiger partial charge on any atom is -0.314 e. The molecule has 2 nitrogen and oxygen atoms in total. The average Bonchev–Trinajstić information content (AvgIpc) is 3.54. The maximum Gasteiger partial charge on any atom is 0.0538 e. The van der Waals surface area contributed by atoms with Crippen LogP contribution in [0.2, 0.25) is 0 Å². The molecule has 252 valence electrons. The van der Waals surface area contributed by atoms with Gasteiger partial charge >= 0.3 is 0 Å². The van der Waals surface area contributed by atoms with Crippen molar-refractivity contribution in [2.75, 3.05) is 4.90 Å². The Morgan fingerprint density at radius 2 is 1.21 bits per heavy atom. The van der Waals surface area contributed by atoms with Crippen LogP contribution in [-0.2, 0) is 0 Å². The minimum atomic E-state index is 0.953. The number of anilines is 2. The summed E-state index contributed by atoms with van der Waals surface area (Å²) in [6, 6.07) is 51.2. The molecule has 0 radical (unpaired) electrons. The summed E-state index contributed by atoms with van der Waals surface area (Å²) in [4.78, 5) is 2.40. The van der Waals surface area contributed by atoms with E-state index in [0.717, 1.165) is 25.7 Å². The van der Waals surface area contributed by atoms with Crippen LogP contribution in [0.5, 0.6) is 0 Å². The monoisotopic (exact) mass is 670 g/mol. The second-order valence-electron chi connectivity index (χ2n) is 14.1. The molecule has 2 aliphatic carbocycles. The summed E-state index contributed by atoms with van der Waals surface area (Å²) in [7, 11) is 0. The van der Waals surface area contributed by atoms with E-state index in [2.05, 4.69) is 193 Å². The van der Waals surface area contributed by atoms with Gasteiger partial charge < -0.3 is 9.47 Å². The van der Waals surface area contributed by atoms with E-state index in [9.17, 15) is 0 Å². The summed E-state index contributed by atoms with van der Waals surface area (Å²) in [6.45, 7) is 4.53. The fraction of sp³-hybridized carbons (Fsp3) is 0.120. The maximum absolute atomic E-state index is 2.48. The first-order valence-electron chi connectivity index (χ1n) is 18.5. The molecule has 0 saturated heterocycles. The van der Waals surface area contributed by atoms with Gasteiger partial charge in [0, 0.05) is 33.5 Å². The van der Waals surface area contributed by atoms with E-state index in [1.165, 1.54) is 89.1 Å². The highest BCUT2D eigenvalue weighted by Gasteiger charge is 2.21. The Hall–Kier alpha value is -6.12. The lowest BCUT2D eigenvalue weighted by Crippen LogP contribution is -2.17. The molecule has 0 unspecified atom stereocenters. The number of para-hydroxylation sites is 3. The first-order valence-corrected chi connectivity index (χ1v) is 18.5. The zero-order valence-electron chi connectivity index (χ0n) is 29.9. The molecule has 0 fully saturated rings. The fourth-order valence-electron chi connectivity index (χ4n) is 8.27. The van der Waals surface area contributed by atoms with Crippen molar-refractivity contribution in [1.29, 1.82) is 0 Å². The lowest BCUT2D eigenvalue weighted by atomic mass is 9.85. The molecule has 0 spiro atoms. The molecule has 1 aromatic heterocycles. The van der Waals surface area contributed by atoms with E-state index in [4.69, 9.17) is 0 Å². The summed E-state index contributed by atoms with van der Waals surface area (Å²) in [5.74, 6) is 0. The number of benzene rings is 6. The number of nitrogens with zero attached hydrogens (tertiary/aromatic N) is 2. The Kier molecular flexibility index (Phi) is 8.29. The SMILES string of the molecule is Cc1ccccc1-c1cc(C2=CC=C(N(c3ccccc3)c3ccccc3)CC2)cc(-c2ccc3c(c2)c2ccccc2n3C2=CC=CCC2)c1C. The Morgan fingerprint density at radius 3 is 1.92 bits per heavy atom. The molecule has 9 rings (SSSR count). The van der Waals surface area contributed by atoms with Gasteiger partial charge in [-0.3, -0.25) is 0 Å². The van der Waals surface area contributed by atoms with Gasteiger partial charge in [-0.1, -0.05) is 103 Å². The van der Waals surface area contributed by atoms with E-state index in [-0.39, 0.29) is 0 Å². The molecule has 2 aliphatic rings. The quantitative estimate of drug-likeness (QED) is 0.164. The molecule has 7 aromatic rings. The molecule has 0 amide bonds. The summed E-state index contributed by atoms with van der Waals surface area (Å²) in [5, 5.41) is 2.61. The van der Waals surface area contributed by atoms with E-state index >= 15 is 0 Å². The van der Waals surface area contributed by atoms with Gasteiger partial charge in [-0.15, -0.1) is 0 Å². The minimum absolute atomic E-state index is 0.953. The Bertz CT molecular complexity index is 2540. The zero-order valence-corrected chi connectivity index (χ0v) is 29.9. The number of hydrogen-bond donors (Lipinski definition) is 0. The van der Waals surface area contributed by atoms with Crippen LogP contribution in [0, 0.1) is 13.8 Å². The Morgan fingerprint density at radius 1 is 0.519 bits per heavy atom. The highest BCUT2D eigenvalue weighted by atomic mass is 15.1. The number of rotatable bonds is 7. The molecule has 0 aliphatic heterocycles. The van der Waals surface area contributed by atoms with Gasteiger partial charge in [0.05, 0.1) is 11.0 Å². The molecule has 52 heavy (non-hydrogen) atoms. The number of aromatic nitrogens is 1. The molecule has 0 saturated carbocycles. The fourth-order valence-corrected chi connectivity index (χ4v) is 8.27. The van der Waals surface area contributed by atoms with Crippen LogP contribution in [0.4, 0.5) is 11.4 Å². The molecule has 1 heterocycles. The molecule has 2 heteroatoms. The number of fused-ring (bicyclic) bond motifs is 3. The van der Waals surface area contributed by atoms with Gasteiger partial charge in [0.15, 0.2) is 0 Å². The Balaban J connectivity index is 1.19. The number of aryl methyl sites for hydroxylation is 1. The van der Waals surface area contributed by atoms with Crippen molar-refractivity contribution in [3.05, 3.63) is 192 Å². The summed E-state index contributed by atoms with van der Waals surface area (Å²) in [5.41, 5.74) is 18.0. The van der Waals surface area contributed by atoms with Gasteiger partial charge in [0.2, 0.25) is 0 Å². The van der Waals surface area contributed by atoms with Crippen molar-refractivity contribution < 1.29 is 0 Å². The van der Waals surface area contributed by atoms with Crippen molar-refractivity contribution in [2.24, 2.45) is 0 Å². The molecule has 6 aromatic carbocycles. The average molecular weight is 671 g/mol. The summed E-state index contributed by atoms with van der Waals surface area (Å²) >= 11 is 0. The van der Waals surface area contributed by atoms with Crippen molar-refractivity contribution in [3.63, 3.8) is 0 Å².